The summed E-state index contributed by atoms with van der Waals surface area (Å²) in [5, 5.41) is 6.84. The predicted molar refractivity (Wildman–Crippen MR) is 101 cm³/mol. The molecule has 1 N–H and O–H groups in total. The van der Waals surface area contributed by atoms with Crippen LogP contribution < -0.4 is 11.1 Å². The maximum absolute atomic E-state index is 12.3. The van der Waals surface area contributed by atoms with Crippen molar-refractivity contribution in [1.82, 2.24) is 14.8 Å². The van der Waals surface area contributed by atoms with Crippen molar-refractivity contribution in [2.75, 3.05) is 5.32 Å². The monoisotopic (exact) mass is 376 g/mol. The van der Waals surface area contributed by atoms with Crippen molar-refractivity contribution in [2.24, 2.45) is 0 Å². The summed E-state index contributed by atoms with van der Waals surface area (Å²) < 4.78 is 11.8. The van der Waals surface area contributed by atoms with Crippen LogP contribution in [-0.2, 0) is 11.3 Å². The molecule has 0 radical (unpaired) electrons. The van der Waals surface area contributed by atoms with Crippen LogP contribution in [0.1, 0.15) is 24.7 Å². The number of nitrogens with zero attached hydrogens (tertiary/aromatic N) is 3. The highest BCUT2D eigenvalue weighted by Crippen LogP contribution is 2.40. The lowest BCUT2D eigenvalue weighted by Crippen LogP contribution is -2.25. The van der Waals surface area contributed by atoms with Crippen LogP contribution in [-0.4, -0.2) is 20.7 Å². The summed E-state index contributed by atoms with van der Waals surface area (Å²) in [4.78, 5) is 28.8. The van der Waals surface area contributed by atoms with Gasteiger partial charge in [0.2, 0.25) is 11.8 Å². The molecular weight excluding hydrogens is 360 g/mol. The molecule has 5 rings (SSSR count). The molecule has 1 aliphatic rings. The Morgan fingerprint density at radius 1 is 1.14 bits per heavy atom. The first-order valence-electron chi connectivity index (χ1n) is 8.99. The molecule has 28 heavy (non-hydrogen) atoms. The lowest BCUT2D eigenvalue weighted by Gasteiger charge is -2.03. The van der Waals surface area contributed by atoms with E-state index in [4.69, 9.17) is 8.83 Å². The minimum absolute atomic E-state index is 0.176. The van der Waals surface area contributed by atoms with Gasteiger partial charge >= 0.3 is 5.76 Å². The zero-order valence-corrected chi connectivity index (χ0v) is 14.8. The van der Waals surface area contributed by atoms with Crippen molar-refractivity contribution in [2.45, 2.75) is 25.3 Å². The summed E-state index contributed by atoms with van der Waals surface area (Å²) in [7, 11) is 0. The number of benzene rings is 2. The number of anilines is 1. The number of rotatable bonds is 5. The number of carbonyl (C=O) groups excluding carboxylic acids is 1. The van der Waals surface area contributed by atoms with Crippen LogP contribution in [0.15, 0.2) is 62.2 Å². The zero-order chi connectivity index (χ0) is 19.1. The Kier molecular flexibility index (Phi) is 3.82. The van der Waals surface area contributed by atoms with E-state index >= 15 is 0 Å². The van der Waals surface area contributed by atoms with E-state index in [1.807, 2.05) is 18.2 Å². The second-order valence-electron chi connectivity index (χ2n) is 6.75. The van der Waals surface area contributed by atoms with Crippen LogP contribution in [0.4, 0.5) is 5.69 Å². The standard InChI is InChI=1S/C20H16N4O4/c25-17(11-24-20(26)28-19(23-24)12-4-2-1-3-5-12)21-14-8-9-16-15(10-14)22-18(27-16)13-6-7-13/h1-5,8-10,13H,6-7,11H2,(H,21,25). The van der Waals surface area contributed by atoms with Crippen LogP contribution in [0.2, 0.25) is 0 Å². The number of carbonyl (C=O) groups is 1. The number of amides is 1. The second kappa shape index (κ2) is 6.49. The molecule has 1 fully saturated rings. The van der Waals surface area contributed by atoms with Gasteiger partial charge in [-0.05, 0) is 43.2 Å². The van der Waals surface area contributed by atoms with Crippen LogP contribution in [0, 0.1) is 0 Å². The molecule has 4 aromatic rings. The quantitative estimate of drug-likeness (QED) is 0.574. The summed E-state index contributed by atoms with van der Waals surface area (Å²) in [6.45, 7) is -0.251. The summed E-state index contributed by atoms with van der Waals surface area (Å²) >= 11 is 0. The molecule has 0 unspecified atom stereocenters. The first kappa shape index (κ1) is 16.5. The lowest BCUT2D eigenvalue weighted by molar-refractivity contribution is -0.117. The van der Waals surface area contributed by atoms with Crippen molar-refractivity contribution < 1.29 is 13.6 Å². The van der Waals surface area contributed by atoms with Gasteiger partial charge in [-0.15, -0.1) is 5.10 Å². The highest BCUT2D eigenvalue weighted by atomic mass is 16.4. The van der Waals surface area contributed by atoms with Gasteiger partial charge in [-0.1, -0.05) is 18.2 Å². The SMILES string of the molecule is O=C(Cn1nc(-c2ccccc2)oc1=O)Nc1ccc2oc(C3CC3)nc2c1. The number of hydrogen-bond acceptors (Lipinski definition) is 6. The number of hydrogen-bond donors (Lipinski definition) is 1. The Morgan fingerprint density at radius 2 is 1.96 bits per heavy atom. The van der Waals surface area contributed by atoms with Crippen LogP contribution >= 0.6 is 0 Å². The third kappa shape index (κ3) is 3.20. The van der Waals surface area contributed by atoms with Gasteiger partial charge in [-0.3, -0.25) is 4.79 Å². The molecule has 1 aliphatic carbocycles. The normalized spacial score (nSPS) is 13.7. The molecule has 8 nitrogen and oxygen atoms in total. The van der Waals surface area contributed by atoms with E-state index in [1.54, 1.807) is 30.3 Å². The Bertz CT molecular complexity index is 1220. The fraction of sp³-hybridized carbons (Fsp3) is 0.200. The summed E-state index contributed by atoms with van der Waals surface area (Å²) in [6.07, 6.45) is 2.21. The molecule has 140 valence electrons. The van der Waals surface area contributed by atoms with Gasteiger partial charge < -0.3 is 14.2 Å². The predicted octanol–water partition coefficient (Wildman–Crippen LogP) is 3.16. The zero-order valence-electron chi connectivity index (χ0n) is 14.8. The van der Waals surface area contributed by atoms with Gasteiger partial charge in [0.05, 0.1) is 0 Å². The Labute approximate surface area is 158 Å². The lowest BCUT2D eigenvalue weighted by atomic mass is 10.2. The number of nitrogens with one attached hydrogen (secondary N) is 1. The largest absolute Gasteiger partial charge is 0.440 e. The van der Waals surface area contributed by atoms with Gasteiger partial charge in [0.1, 0.15) is 12.1 Å². The molecular formula is C20H16N4O4. The first-order valence-corrected chi connectivity index (χ1v) is 8.99. The molecule has 2 aromatic heterocycles. The molecule has 0 saturated heterocycles. The molecule has 0 aliphatic heterocycles. The molecule has 8 heteroatoms. The highest BCUT2D eigenvalue weighted by Gasteiger charge is 2.28. The van der Waals surface area contributed by atoms with Crippen LogP contribution in [0.25, 0.3) is 22.6 Å². The molecule has 1 saturated carbocycles. The van der Waals surface area contributed by atoms with Gasteiger partial charge in [0, 0.05) is 17.2 Å². The highest BCUT2D eigenvalue weighted by molar-refractivity contribution is 5.92. The van der Waals surface area contributed by atoms with Crippen molar-refractivity contribution in [1.29, 1.82) is 0 Å². The molecule has 0 bridgehead atoms. The fourth-order valence-electron chi connectivity index (χ4n) is 2.97. The van der Waals surface area contributed by atoms with Crippen molar-refractivity contribution in [3.8, 4) is 11.5 Å². The number of fused-ring (bicyclic) bond motifs is 1. The number of aromatic nitrogens is 3. The van der Waals surface area contributed by atoms with E-state index in [1.165, 1.54) is 0 Å². The average Bonchev–Trinajstić information content (AvgIpc) is 3.37. The molecule has 2 aromatic carbocycles. The molecule has 0 spiro atoms. The van der Waals surface area contributed by atoms with Gasteiger partial charge in [0.25, 0.3) is 0 Å². The van der Waals surface area contributed by atoms with Crippen molar-refractivity contribution >= 4 is 22.7 Å². The van der Waals surface area contributed by atoms with Gasteiger partial charge in [-0.25, -0.2) is 9.78 Å². The Morgan fingerprint density at radius 3 is 2.75 bits per heavy atom. The summed E-state index contributed by atoms with van der Waals surface area (Å²) in [6, 6.07) is 14.3. The molecule has 1 amide bonds. The minimum atomic E-state index is -0.685. The number of oxazole rings is 1. The van der Waals surface area contributed by atoms with Gasteiger partial charge in [0.15, 0.2) is 11.5 Å². The second-order valence-corrected chi connectivity index (χ2v) is 6.75. The maximum atomic E-state index is 12.3. The summed E-state index contributed by atoms with van der Waals surface area (Å²) in [5.74, 6) is 0.273. The smallest absolute Gasteiger partial charge is 0.437 e. The van der Waals surface area contributed by atoms with E-state index in [2.05, 4.69) is 15.4 Å². The van der Waals surface area contributed by atoms with E-state index in [0.717, 1.165) is 23.4 Å². The Hall–Kier alpha value is -3.68. The van der Waals surface area contributed by atoms with E-state index in [0.29, 0.717) is 28.3 Å². The Balaban J connectivity index is 1.31. The molecule has 2 heterocycles. The van der Waals surface area contributed by atoms with Crippen molar-refractivity contribution in [3.63, 3.8) is 0 Å². The van der Waals surface area contributed by atoms with E-state index < -0.39 is 5.76 Å². The fourth-order valence-corrected chi connectivity index (χ4v) is 2.97. The van der Waals surface area contributed by atoms with Crippen LogP contribution in [0.3, 0.4) is 0 Å². The van der Waals surface area contributed by atoms with Gasteiger partial charge in [-0.2, -0.15) is 4.68 Å². The third-order valence-corrected chi connectivity index (χ3v) is 4.53. The van der Waals surface area contributed by atoms with E-state index in [-0.39, 0.29) is 18.3 Å². The minimum Gasteiger partial charge on any atom is -0.440 e. The molecule has 0 atom stereocenters. The van der Waals surface area contributed by atoms with Crippen LogP contribution in [0.5, 0.6) is 0 Å². The van der Waals surface area contributed by atoms with E-state index in [9.17, 15) is 9.59 Å². The first-order chi connectivity index (χ1) is 13.7. The average molecular weight is 376 g/mol. The maximum Gasteiger partial charge on any atom is 0.437 e. The topological polar surface area (TPSA) is 103 Å². The third-order valence-electron chi connectivity index (χ3n) is 4.53. The summed E-state index contributed by atoms with van der Waals surface area (Å²) in [5.41, 5.74) is 2.64. The van der Waals surface area contributed by atoms with Crippen molar-refractivity contribution in [3.05, 3.63) is 65.0 Å².